The summed E-state index contributed by atoms with van der Waals surface area (Å²) < 4.78 is 0. The zero-order valence-electron chi connectivity index (χ0n) is 11.5. The molecule has 1 N–H and O–H groups in total. The Kier molecular flexibility index (Phi) is 4.09. The summed E-state index contributed by atoms with van der Waals surface area (Å²) in [6.45, 7) is 3.18. The Labute approximate surface area is 123 Å². The fraction of sp³-hybridized carbons (Fsp3) is 0.235. The molecule has 0 spiro atoms. The first-order chi connectivity index (χ1) is 9.84. The van der Waals surface area contributed by atoms with Gasteiger partial charge in [-0.2, -0.15) is 0 Å². The molecular weight excluding hydrogens is 264 g/mol. The second-order valence-corrected chi connectivity index (χ2v) is 5.69. The van der Waals surface area contributed by atoms with Gasteiger partial charge < -0.3 is 5.32 Å². The number of fused-ring (bicyclic) bond motifs is 1. The molecule has 3 heteroatoms. The van der Waals surface area contributed by atoms with E-state index in [9.17, 15) is 0 Å². The van der Waals surface area contributed by atoms with Gasteiger partial charge in [0.15, 0.2) is 0 Å². The van der Waals surface area contributed by atoms with Gasteiger partial charge in [-0.05, 0) is 23.3 Å². The molecule has 20 heavy (non-hydrogen) atoms. The summed E-state index contributed by atoms with van der Waals surface area (Å²) in [5.41, 5.74) is 4.43. The van der Waals surface area contributed by atoms with Crippen molar-refractivity contribution in [3.8, 4) is 0 Å². The van der Waals surface area contributed by atoms with E-state index in [0.717, 1.165) is 13.0 Å². The Morgan fingerprint density at radius 1 is 1.15 bits per heavy atom. The first kappa shape index (κ1) is 13.3. The van der Waals surface area contributed by atoms with Crippen LogP contribution in [0, 0.1) is 0 Å². The summed E-state index contributed by atoms with van der Waals surface area (Å²) in [6.07, 6.45) is 0.985. The van der Waals surface area contributed by atoms with Crippen LogP contribution in [0.1, 0.15) is 24.2 Å². The van der Waals surface area contributed by atoms with E-state index in [4.69, 9.17) is 0 Å². The first-order valence-corrected chi connectivity index (χ1v) is 7.87. The van der Waals surface area contributed by atoms with Gasteiger partial charge in [0.05, 0.1) is 11.2 Å². The zero-order valence-corrected chi connectivity index (χ0v) is 12.4. The Hall–Kier alpha value is -1.71. The van der Waals surface area contributed by atoms with Crippen molar-refractivity contribution in [3.05, 3.63) is 64.6 Å². The monoisotopic (exact) mass is 282 g/mol. The maximum absolute atomic E-state index is 4.31. The van der Waals surface area contributed by atoms with Crippen LogP contribution in [0.4, 0.5) is 0 Å². The van der Waals surface area contributed by atoms with Crippen LogP contribution in [-0.4, -0.2) is 11.5 Å². The molecule has 0 bridgehead atoms. The maximum atomic E-state index is 4.31. The zero-order chi connectivity index (χ0) is 13.8. The number of hydrogen-bond donors (Lipinski definition) is 1. The minimum Gasteiger partial charge on any atom is -0.310 e. The van der Waals surface area contributed by atoms with Gasteiger partial charge in [0.1, 0.15) is 0 Å². The van der Waals surface area contributed by atoms with Crippen molar-refractivity contribution in [1.82, 2.24) is 10.3 Å². The van der Waals surface area contributed by atoms with Crippen LogP contribution >= 0.6 is 11.3 Å². The lowest BCUT2D eigenvalue weighted by Crippen LogP contribution is -2.21. The molecule has 2 aromatic carbocycles. The molecule has 2 nitrogen and oxygen atoms in total. The maximum Gasteiger partial charge on any atom is 0.0794 e. The van der Waals surface area contributed by atoms with Gasteiger partial charge in [-0.25, -0.2) is 4.98 Å². The minimum absolute atomic E-state index is 0.347. The molecule has 0 fully saturated rings. The highest BCUT2D eigenvalue weighted by atomic mass is 32.1. The van der Waals surface area contributed by atoms with E-state index in [0.29, 0.717) is 6.04 Å². The van der Waals surface area contributed by atoms with Gasteiger partial charge >= 0.3 is 0 Å². The van der Waals surface area contributed by atoms with E-state index in [1.807, 2.05) is 5.51 Å². The highest BCUT2D eigenvalue weighted by molar-refractivity contribution is 7.07. The SMILES string of the molecule is CC(NCCc1cscn1)c1cccc2ccccc12. The number of benzene rings is 2. The Balaban J connectivity index is 1.70. The van der Waals surface area contributed by atoms with E-state index in [1.165, 1.54) is 22.0 Å². The molecule has 0 amide bonds. The molecule has 1 heterocycles. The van der Waals surface area contributed by atoms with Crippen LogP contribution < -0.4 is 5.32 Å². The molecule has 0 aliphatic rings. The lowest BCUT2D eigenvalue weighted by molar-refractivity contribution is 0.578. The van der Waals surface area contributed by atoms with Gasteiger partial charge in [0.25, 0.3) is 0 Å². The first-order valence-electron chi connectivity index (χ1n) is 6.93. The molecule has 0 aliphatic heterocycles. The van der Waals surface area contributed by atoms with Gasteiger partial charge in [-0.1, -0.05) is 42.5 Å². The predicted molar refractivity (Wildman–Crippen MR) is 86.2 cm³/mol. The Morgan fingerprint density at radius 3 is 2.85 bits per heavy atom. The predicted octanol–water partition coefficient (Wildman–Crippen LogP) is 4.19. The lowest BCUT2D eigenvalue weighted by Gasteiger charge is -2.16. The summed E-state index contributed by atoms with van der Waals surface area (Å²) in [4.78, 5) is 4.31. The quantitative estimate of drug-likeness (QED) is 0.759. The fourth-order valence-electron chi connectivity index (χ4n) is 2.52. The third-order valence-electron chi connectivity index (χ3n) is 3.60. The van der Waals surface area contributed by atoms with Crippen molar-refractivity contribution in [3.63, 3.8) is 0 Å². The third kappa shape index (κ3) is 2.89. The summed E-state index contributed by atoms with van der Waals surface area (Å²) in [5.74, 6) is 0. The van der Waals surface area contributed by atoms with Gasteiger partial charge in [-0.3, -0.25) is 0 Å². The Morgan fingerprint density at radius 2 is 2.00 bits per heavy atom. The highest BCUT2D eigenvalue weighted by Gasteiger charge is 2.08. The van der Waals surface area contributed by atoms with E-state index >= 15 is 0 Å². The number of aromatic nitrogens is 1. The summed E-state index contributed by atoms with van der Waals surface area (Å²) in [7, 11) is 0. The number of nitrogens with zero attached hydrogens (tertiary/aromatic N) is 1. The van der Waals surface area contributed by atoms with Gasteiger partial charge in [0, 0.05) is 24.4 Å². The molecule has 1 atom stereocenters. The number of thiazole rings is 1. The molecule has 1 unspecified atom stereocenters. The molecule has 0 aliphatic carbocycles. The summed E-state index contributed by atoms with van der Waals surface area (Å²) in [6, 6.07) is 15.4. The van der Waals surface area contributed by atoms with Crippen LogP contribution in [0.3, 0.4) is 0 Å². The number of nitrogens with one attached hydrogen (secondary N) is 1. The van der Waals surface area contributed by atoms with Crippen molar-refractivity contribution in [2.45, 2.75) is 19.4 Å². The normalized spacial score (nSPS) is 12.7. The van der Waals surface area contributed by atoms with Crippen LogP contribution in [0.25, 0.3) is 10.8 Å². The van der Waals surface area contributed by atoms with E-state index < -0.39 is 0 Å². The van der Waals surface area contributed by atoms with E-state index in [2.05, 4.69) is 65.1 Å². The Bertz CT molecular complexity index is 671. The molecule has 3 rings (SSSR count). The van der Waals surface area contributed by atoms with Crippen molar-refractivity contribution in [2.75, 3.05) is 6.54 Å². The standard InChI is InChI=1S/C17H18N2S/c1-13(18-10-9-15-11-20-12-19-15)16-8-4-6-14-5-2-3-7-17(14)16/h2-8,11-13,18H,9-10H2,1H3. The minimum atomic E-state index is 0.347. The number of rotatable bonds is 5. The molecule has 102 valence electrons. The van der Waals surface area contributed by atoms with Crippen LogP contribution in [0.15, 0.2) is 53.4 Å². The summed E-state index contributed by atoms with van der Waals surface area (Å²) in [5, 5.41) is 8.35. The van der Waals surface area contributed by atoms with Crippen molar-refractivity contribution in [1.29, 1.82) is 0 Å². The van der Waals surface area contributed by atoms with Crippen molar-refractivity contribution < 1.29 is 0 Å². The second kappa shape index (κ2) is 6.16. The average molecular weight is 282 g/mol. The molecular formula is C17H18N2S. The van der Waals surface area contributed by atoms with Crippen molar-refractivity contribution in [2.24, 2.45) is 0 Å². The molecule has 0 saturated carbocycles. The van der Waals surface area contributed by atoms with Crippen LogP contribution in [-0.2, 0) is 6.42 Å². The third-order valence-corrected chi connectivity index (χ3v) is 4.24. The molecule has 1 aromatic heterocycles. The van der Waals surface area contributed by atoms with E-state index in [1.54, 1.807) is 11.3 Å². The average Bonchev–Trinajstić information content (AvgIpc) is 3.00. The van der Waals surface area contributed by atoms with Gasteiger partial charge in [-0.15, -0.1) is 11.3 Å². The molecule has 0 saturated heterocycles. The summed E-state index contributed by atoms with van der Waals surface area (Å²) >= 11 is 1.66. The second-order valence-electron chi connectivity index (χ2n) is 4.97. The largest absolute Gasteiger partial charge is 0.310 e. The lowest BCUT2D eigenvalue weighted by atomic mass is 9.99. The molecule has 0 radical (unpaired) electrons. The topological polar surface area (TPSA) is 24.9 Å². The number of hydrogen-bond acceptors (Lipinski definition) is 3. The van der Waals surface area contributed by atoms with Crippen LogP contribution in [0.2, 0.25) is 0 Å². The van der Waals surface area contributed by atoms with E-state index in [-0.39, 0.29) is 0 Å². The van der Waals surface area contributed by atoms with Crippen molar-refractivity contribution >= 4 is 22.1 Å². The highest BCUT2D eigenvalue weighted by Crippen LogP contribution is 2.23. The fourth-order valence-corrected chi connectivity index (χ4v) is 3.11. The van der Waals surface area contributed by atoms with Crippen LogP contribution in [0.5, 0.6) is 0 Å². The van der Waals surface area contributed by atoms with Gasteiger partial charge in [0.2, 0.25) is 0 Å². The molecule has 3 aromatic rings. The smallest absolute Gasteiger partial charge is 0.0794 e.